The van der Waals surface area contributed by atoms with E-state index in [0.717, 1.165) is 11.1 Å². The molecule has 29 heavy (non-hydrogen) atoms. The second kappa shape index (κ2) is 7.58. The first kappa shape index (κ1) is 19.6. The van der Waals surface area contributed by atoms with E-state index in [1.54, 1.807) is 18.2 Å². The SMILES string of the molecule is N#Cc1ccccc1S(=O)(=O)N1CCC2=CC(=O)CCC2(Cc2ccccc2)C1. The van der Waals surface area contributed by atoms with E-state index in [0.29, 0.717) is 38.8 Å². The van der Waals surface area contributed by atoms with Crippen LogP contribution in [0.4, 0.5) is 0 Å². The predicted molar refractivity (Wildman–Crippen MR) is 109 cm³/mol. The van der Waals surface area contributed by atoms with E-state index in [1.807, 2.05) is 36.4 Å². The number of piperidine rings is 1. The monoisotopic (exact) mass is 406 g/mol. The highest BCUT2D eigenvalue weighted by Gasteiger charge is 2.45. The minimum absolute atomic E-state index is 0.0525. The number of hydrogen-bond donors (Lipinski definition) is 0. The molecule has 0 amide bonds. The lowest BCUT2D eigenvalue weighted by Crippen LogP contribution is -2.49. The van der Waals surface area contributed by atoms with E-state index in [1.165, 1.54) is 16.4 Å². The van der Waals surface area contributed by atoms with Gasteiger partial charge in [-0.15, -0.1) is 0 Å². The molecule has 1 unspecified atom stereocenters. The number of fused-ring (bicyclic) bond motifs is 1. The highest BCUT2D eigenvalue weighted by atomic mass is 32.2. The van der Waals surface area contributed by atoms with E-state index in [2.05, 4.69) is 0 Å². The van der Waals surface area contributed by atoms with Gasteiger partial charge in [-0.1, -0.05) is 48.0 Å². The van der Waals surface area contributed by atoms with Crippen LogP contribution in [0.1, 0.15) is 30.4 Å². The first-order chi connectivity index (χ1) is 13.9. The Bertz CT molecular complexity index is 1120. The van der Waals surface area contributed by atoms with Crippen LogP contribution in [0.2, 0.25) is 0 Å². The Morgan fingerprint density at radius 2 is 1.76 bits per heavy atom. The van der Waals surface area contributed by atoms with Crippen molar-refractivity contribution >= 4 is 15.8 Å². The number of sulfonamides is 1. The molecule has 2 aliphatic rings. The molecule has 0 bridgehead atoms. The van der Waals surface area contributed by atoms with E-state index >= 15 is 0 Å². The van der Waals surface area contributed by atoms with Crippen LogP contribution in [0.3, 0.4) is 0 Å². The first-order valence-electron chi connectivity index (χ1n) is 9.72. The summed E-state index contributed by atoms with van der Waals surface area (Å²) >= 11 is 0. The zero-order chi connectivity index (χ0) is 20.5. The molecule has 4 rings (SSSR count). The standard InChI is InChI=1S/C23H22N2O3S/c24-16-19-8-4-5-9-22(19)29(27,28)25-13-11-20-14-21(26)10-12-23(20,17-25)15-18-6-2-1-3-7-18/h1-9,14H,10-13,15,17H2. The Morgan fingerprint density at radius 3 is 2.52 bits per heavy atom. The summed E-state index contributed by atoms with van der Waals surface area (Å²) in [5, 5.41) is 9.36. The molecule has 1 atom stereocenters. The van der Waals surface area contributed by atoms with Gasteiger partial charge >= 0.3 is 0 Å². The number of hydrogen-bond acceptors (Lipinski definition) is 4. The van der Waals surface area contributed by atoms with Gasteiger partial charge in [0, 0.05) is 24.9 Å². The van der Waals surface area contributed by atoms with Crippen LogP contribution in [0, 0.1) is 16.7 Å². The van der Waals surface area contributed by atoms with Crippen LogP contribution in [0.5, 0.6) is 0 Å². The highest BCUT2D eigenvalue weighted by molar-refractivity contribution is 7.89. The molecule has 0 saturated carbocycles. The van der Waals surface area contributed by atoms with Crippen molar-refractivity contribution in [2.75, 3.05) is 13.1 Å². The fourth-order valence-corrected chi connectivity index (χ4v) is 6.16. The molecule has 2 aromatic rings. The van der Waals surface area contributed by atoms with Gasteiger partial charge in [0.2, 0.25) is 10.0 Å². The van der Waals surface area contributed by atoms with Gasteiger partial charge in [0.25, 0.3) is 0 Å². The van der Waals surface area contributed by atoms with Gasteiger partial charge in [-0.2, -0.15) is 9.57 Å². The lowest BCUT2D eigenvalue weighted by atomic mass is 9.66. The van der Waals surface area contributed by atoms with Crippen molar-refractivity contribution in [3.05, 3.63) is 77.4 Å². The van der Waals surface area contributed by atoms with Gasteiger partial charge in [0.05, 0.1) is 10.5 Å². The number of allylic oxidation sites excluding steroid dienone is 1. The summed E-state index contributed by atoms with van der Waals surface area (Å²) in [6.07, 6.45) is 4.03. The summed E-state index contributed by atoms with van der Waals surface area (Å²) in [6.45, 7) is 0.640. The van der Waals surface area contributed by atoms with Gasteiger partial charge in [-0.25, -0.2) is 8.42 Å². The van der Waals surface area contributed by atoms with Gasteiger partial charge < -0.3 is 0 Å². The molecule has 1 aliphatic heterocycles. The Labute approximate surface area is 171 Å². The number of carbonyl (C=O) groups excluding carboxylic acids is 1. The van der Waals surface area contributed by atoms with Crippen molar-refractivity contribution in [2.24, 2.45) is 5.41 Å². The molecule has 0 N–H and O–H groups in total. The van der Waals surface area contributed by atoms with Crippen molar-refractivity contribution in [1.82, 2.24) is 4.31 Å². The largest absolute Gasteiger partial charge is 0.295 e. The van der Waals surface area contributed by atoms with Crippen molar-refractivity contribution in [1.29, 1.82) is 5.26 Å². The first-order valence-corrected chi connectivity index (χ1v) is 11.2. The van der Waals surface area contributed by atoms with Crippen LogP contribution in [0.15, 0.2) is 71.1 Å². The summed E-state index contributed by atoms with van der Waals surface area (Å²) < 4.78 is 28.3. The molecule has 0 spiro atoms. The van der Waals surface area contributed by atoms with Crippen LogP contribution in [-0.2, 0) is 21.2 Å². The Balaban J connectivity index is 1.73. The van der Waals surface area contributed by atoms with Crippen molar-refractivity contribution in [3.8, 4) is 6.07 Å². The maximum atomic E-state index is 13.4. The number of nitriles is 1. The lowest BCUT2D eigenvalue weighted by Gasteiger charge is -2.46. The molecular formula is C23H22N2O3S. The van der Waals surface area contributed by atoms with Crippen LogP contribution in [0.25, 0.3) is 0 Å². The van der Waals surface area contributed by atoms with E-state index in [-0.39, 0.29) is 21.7 Å². The van der Waals surface area contributed by atoms with E-state index < -0.39 is 10.0 Å². The number of benzene rings is 2. The number of ketones is 1. The molecule has 0 radical (unpaired) electrons. The molecule has 0 aromatic heterocycles. The van der Waals surface area contributed by atoms with Gasteiger partial charge in [-0.3, -0.25) is 4.79 Å². The molecule has 1 heterocycles. The second-order valence-electron chi connectivity index (χ2n) is 7.78. The third-order valence-corrected chi connectivity index (χ3v) is 7.89. The molecule has 1 fully saturated rings. The van der Waals surface area contributed by atoms with E-state index in [9.17, 15) is 18.5 Å². The minimum atomic E-state index is -3.80. The number of rotatable bonds is 4. The summed E-state index contributed by atoms with van der Waals surface area (Å²) in [5.74, 6) is 0.120. The van der Waals surface area contributed by atoms with Crippen LogP contribution < -0.4 is 0 Å². The quantitative estimate of drug-likeness (QED) is 0.779. The average molecular weight is 407 g/mol. The van der Waals surface area contributed by atoms with Crippen molar-refractivity contribution < 1.29 is 13.2 Å². The lowest BCUT2D eigenvalue weighted by molar-refractivity contribution is -0.116. The summed E-state index contributed by atoms with van der Waals surface area (Å²) in [6, 6.07) is 18.3. The third kappa shape index (κ3) is 3.64. The molecule has 1 aliphatic carbocycles. The Morgan fingerprint density at radius 1 is 1.03 bits per heavy atom. The fourth-order valence-electron chi connectivity index (χ4n) is 4.49. The molecule has 6 heteroatoms. The zero-order valence-electron chi connectivity index (χ0n) is 16.0. The summed E-state index contributed by atoms with van der Waals surface area (Å²) in [7, 11) is -3.80. The Hall–Kier alpha value is -2.75. The smallest absolute Gasteiger partial charge is 0.244 e. The third-order valence-electron chi connectivity index (χ3n) is 5.99. The average Bonchev–Trinajstić information content (AvgIpc) is 2.74. The van der Waals surface area contributed by atoms with Gasteiger partial charge in [0.15, 0.2) is 5.78 Å². The second-order valence-corrected chi connectivity index (χ2v) is 9.68. The number of nitrogens with zero attached hydrogens (tertiary/aromatic N) is 2. The molecule has 5 nitrogen and oxygen atoms in total. The molecule has 148 valence electrons. The summed E-state index contributed by atoms with van der Waals surface area (Å²) in [5.41, 5.74) is 1.95. The van der Waals surface area contributed by atoms with E-state index in [4.69, 9.17) is 0 Å². The summed E-state index contributed by atoms with van der Waals surface area (Å²) in [4.78, 5) is 12.1. The molecule has 2 aromatic carbocycles. The molecular weight excluding hydrogens is 384 g/mol. The zero-order valence-corrected chi connectivity index (χ0v) is 16.9. The van der Waals surface area contributed by atoms with Gasteiger partial charge in [-0.05, 0) is 43.0 Å². The van der Waals surface area contributed by atoms with Crippen molar-refractivity contribution in [2.45, 2.75) is 30.6 Å². The van der Waals surface area contributed by atoms with Crippen LogP contribution in [-0.4, -0.2) is 31.6 Å². The Kier molecular flexibility index (Phi) is 5.12. The maximum absolute atomic E-state index is 13.4. The highest BCUT2D eigenvalue weighted by Crippen LogP contribution is 2.46. The van der Waals surface area contributed by atoms with Gasteiger partial charge in [0.1, 0.15) is 6.07 Å². The normalized spacial score (nSPS) is 22.4. The topological polar surface area (TPSA) is 78.2 Å². The van der Waals surface area contributed by atoms with Crippen molar-refractivity contribution in [3.63, 3.8) is 0 Å². The molecule has 1 saturated heterocycles. The number of carbonyl (C=O) groups is 1. The minimum Gasteiger partial charge on any atom is -0.295 e. The van der Waals surface area contributed by atoms with Crippen LogP contribution >= 0.6 is 0 Å². The predicted octanol–water partition coefficient (Wildman–Crippen LogP) is 3.47. The maximum Gasteiger partial charge on any atom is 0.244 e. The fraction of sp³-hybridized carbons (Fsp3) is 0.304.